The second-order valence-corrected chi connectivity index (χ2v) is 4.13. The summed E-state index contributed by atoms with van der Waals surface area (Å²) in [6, 6.07) is 3.88. The topological polar surface area (TPSA) is 60.3 Å². The van der Waals surface area contributed by atoms with Crippen molar-refractivity contribution < 1.29 is 9.47 Å². The summed E-state index contributed by atoms with van der Waals surface area (Å²) in [5, 5.41) is 1.11. The summed E-state index contributed by atoms with van der Waals surface area (Å²) in [7, 11) is 3.31. The molecule has 0 aliphatic rings. The summed E-state index contributed by atoms with van der Waals surface area (Å²) in [5.74, 6) is 1.88. The zero-order valence-electron chi connectivity index (χ0n) is 10.4. The van der Waals surface area contributed by atoms with Crippen LogP contribution >= 0.6 is 0 Å². The van der Waals surface area contributed by atoms with E-state index in [4.69, 9.17) is 15.2 Å². The third-order valence-corrected chi connectivity index (χ3v) is 3.10. The highest BCUT2D eigenvalue weighted by Crippen LogP contribution is 2.34. The molecule has 0 radical (unpaired) electrons. The van der Waals surface area contributed by atoms with E-state index in [9.17, 15) is 0 Å². The van der Waals surface area contributed by atoms with Crippen LogP contribution in [-0.4, -0.2) is 25.7 Å². The molecule has 0 spiro atoms. The molecule has 0 amide bonds. The van der Waals surface area contributed by atoms with E-state index in [-0.39, 0.29) is 0 Å². The Balaban J connectivity index is 2.65. The molecular weight excluding hydrogens is 216 g/mol. The summed E-state index contributed by atoms with van der Waals surface area (Å²) in [6.07, 6.45) is 1.99. The number of nitrogens with one attached hydrogen (secondary N) is 1. The monoisotopic (exact) mass is 234 g/mol. The fourth-order valence-corrected chi connectivity index (χ4v) is 2.01. The maximum atomic E-state index is 5.72. The van der Waals surface area contributed by atoms with Gasteiger partial charge in [0, 0.05) is 17.6 Å². The average Bonchev–Trinajstić information content (AvgIpc) is 2.80. The number of fused-ring (bicyclic) bond motifs is 1. The molecule has 1 atom stereocenters. The molecule has 4 heteroatoms. The van der Waals surface area contributed by atoms with E-state index in [0.717, 1.165) is 22.4 Å². The number of benzene rings is 1. The zero-order valence-corrected chi connectivity index (χ0v) is 10.4. The van der Waals surface area contributed by atoms with Crippen molar-refractivity contribution in [2.75, 3.05) is 20.8 Å². The second kappa shape index (κ2) is 4.67. The molecule has 1 aromatic carbocycles. The number of aromatic amines is 1. The first-order valence-corrected chi connectivity index (χ1v) is 5.64. The molecule has 0 fully saturated rings. The van der Waals surface area contributed by atoms with Gasteiger partial charge in [-0.05, 0) is 24.1 Å². The van der Waals surface area contributed by atoms with Gasteiger partial charge in [0.15, 0.2) is 0 Å². The van der Waals surface area contributed by atoms with Crippen LogP contribution in [0, 0.1) is 0 Å². The highest BCUT2D eigenvalue weighted by molar-refractivity contribution is 5.90. The van der Waals surface area contributed by atoms with Gasteiger partial charge in [-0.3, -0.25) is 0 Å². The minimum atomic E-state index is 0.306. The van der Waals surface area contributed by atoms with Gasteiger partial charge in [0.2, 0.25) is 0 Å². The first kappa shape index (κ1) is 11.8. The molecule has 0 saturated carbocycles. The minimum Gasteiger partial charge on any atom is -0.497 e. The van der Waals surface area contributed by atoms with Crippen LogP contribution in [0.3, 0.4) is 0 Å². The predicted octanol–water partition coefficient (Wildman–Crippen LogP) is 2.25. The molecule has 2 rings (SSSR count). The fraction of sp³-hybridized carbons (Fsp3) is 0.385. The van der Waals surface area contributed by atoms with Crippen LogP contribution in [0.1, 0.15) is 18.4 Å². The van der Waals surface area contributed by atoms with Gasteiger partial charge >= 0.3 is 0 Å². The lowest BCUT2D eigenvalue weighted by atomic mass is 10.0. The maximum absolute atomic E-state index is 5.72. The summed E-state index contributed by atoms with van der Waals surface area (Å²) in [5.41, 5.74) is 7.90. The number of H-pyrrole nitrogens is 1. The fourth-order valence-electron chi connectivity index (χ4n) is 2.01. The molecular formula is C13H18N2O2. The number of ether oxygens (including phenoxy) is 2. The van der Waals surface area contributed by atoms with Gasteiger partial charge in [-0.1, -0.05) is 6.92 Å². The molecule has 0 aliphatic heterocycles. The highest BCUT2D eigenvalue weighted by Gasteiger charge is 2.14. The Labute approximate surface area is 101 Å². The Morgan fingerprint density at radius 2 is 2.06 bits per heavy atom. The van der Waals surface area contributed by atoms with Crippen LogP contribution in [-0.2, 0) is 0 Å². The molecule has 4 nitrogen and oxygen atoms in total. The van der Waals surface area contributed by atoms with Gasteiger partial charge in [0.05, 0.1) is 19.7 Å². The van der Waals surface area contributed by atoms with Crippen LogP contribution in [0.25, 0.3) is 10.9 Å². The van der Waals surface area contributed by atoms with Gasteiger partial charge in [0.1, 0.15) is 11.5 Å². The molecule has 3 N–H and O–H groups in total. The minimum absolute atomic E-state index is 0.306. The number of hydrogen-bond acceptors (Lipinski definition) is 3. The van der Waals surface area contributed by atoms with Crippen molar-refractivity contribution in [3.63, 3.8) is 0 Å². The van der Waals surface area contributed by atoms with E-state index in [0.29, 0.717) is 12.5 Å². The van der Waals surface area contributed by atoms with Gasteiger partial charge in [-0.25, -0.2) is 0 Å². The molecule has 1 aromatic heterocycles. The molecule has 0 bridgehead atoms. The summed E-state index contributed by atoms with van der Waals surface area (Å²) in [6.45, 7) is 2.72. The van der Waals surface area contributed by atoms with Gasteiger partial charge in [0.25, 0.3) is 0 Å². The van der Waals surface area contributed by atoms with E-state index < -0.39 is 0 Å². The molecule has 92 valence electrons. The van der Waals surface area contributed by atoms with Crippen LogP contribution < -0.4 is 15.2 Å². The van der Waals surface area contributed by atoms with Crippen molar-refractivity contribution in [2.45, 2.75) is 12.8 Å². The van der Waals surface area contributed by atoms with Crippen LogP contribution in [0.4, 0.5) is 0 Å². The van der Waals surface area contributed by atoms with Crippen LogP contribution in [0.15, 0.2) is 18.3 Å². The number of aromatic nitrogens is 1. The second-order valence-electron chi connectivity index (χ2n) is 4.13. The lowest BCUT2D eigenvalue weighted by molar-refractivity contribution is 0.397. The molecule has 17 heavy (non-hydrogen) atoms. The Morgan fingerprint density at radius 3 is 2.65 bits per heavy atom. The lowest BCUT2D eigenvalue weighted by Gasteiger charge is -2.09. The normalized spacial score (nSPS) is 12.7. The number of methoxy groups -OCH3 is 2. The maximum Gasteiger partial charge on any atom is 0.146 e. The first-order chi connectivity index (χ1) is 8.21. The first-order valence-electron chi connectivity index (χ1n) is 5.64. The van der Waals surface area contributed by atoms with Gasteiger partial charge < -0.3 is 20.2 Å². The quantitative estimate of drug-likeness (QED) is 0.853. The number of hydrogen-bond donors (Lipinski definition) is 2. The van der Waals surface area contributed by atoms with Crippen molar-refractivity contribution in [3.8, 4) is 11.5 Å². The number of rotatable bonds is 4. The third-order valence-electron chi connectivity index (χ3n) is 3.10. The molecule has 0 aliphatic carbocycles. The molecule has 2 aromatic rings. The Kier molecular flexibility index (Phi) is 3.24. The lowest BCUT2D eigenvalue weighted by Crippen LogP contribution is -2.08. The molecule has 1 unspecified atom stereocenters. The molecule has 1 heterocycles. The number of nitrogens with two attached hydrogens (primary N) is 1. The van der Waals surface area contributed by atoms with E-state index in [1.54, 1.807) is 14.2 Å². The smallest absolute Gasteiger partial charge is 0.146 e. The van der Waals surface area contributed by atoms with E-state index in [1.165, 1.54) is 5.56 Å². The average molecular weight is 234 g/mol. The third kappa shape index (κ3) is 1.96. The SMILES string of the molecule is COc1cc(OC)c2[nH]cc(C(C)CN)c2c1. The highest BCUT2D eigenvalue weighted by atomic mass is 16.5. The zero-order chi connectivity index (χ0) is 12.4. The standard InChI is InChI=1S/C13H18N2O2/c1-8(6-14)11-7-15-13-10(11)4-9(16-2)5-12(13)17-3/h4-5,7-8,15H,6,14H2,1-3H3. The van der Waals surface area contributed by atoms with Crippen LogP contribution in [0.5, 0.6) is 11.5 Å². The van der Waals surface area contributed by atoms with E-state index >= 15 is 0 Å². The predicted molar refractivity (Wildman–Crippen MR) is 68.9 cm³/mol. The van der Waals surface area contributed by atoms with Gasteiger partial charge in [-0.2, -0.15) is 0 Å². The van der Waals surface area contributed by atoms with Crippen molar-refractivity contribution in [1.82, 2.24) is 4.98 Å². The van der Waals surface area contributed by atoms with Crippen molar-refractivity contribution >= 4 is 10.9 Å². The van der Waals surface area contributed by atoms with Crippen LogP contribution in [0.2, 0.25) is 0 Å². The van der Waals surface area contributed by atoms with Gasteiger partial charge in [-0.15, -0.1) is 0 Å². The Bertz CT molecular complexity index is 519. The van der Waals surface area contributed by atoms with E-state index in [2.05, 4.69) is 11.9 Å². The summed E-state index contributed by atoms with van der Waals surface area (Å²) >= 11 is 0. The Hall–Kier alpha value is -1.68. The van der Waals surface area contributed by atoms with E-state index in [1.807, 2.05) is 18.3 Å². The summed E-state index contributed by atoms with van der Waals surface area (Å²) < 4.78 is 10.6. The summed E-state index contributed by atoms with van der Waals surface area (Å²) in [4.78, 5) is 3.24. The van der Waals surface area contributed by atoms with Crippen molar-refractivity contribution in [3.05, 3.63) is 23.9 Å². The van der Waals surface area contributed by atoms with Crippen molar-refractivity contribution in [1.29, 1.82) is 0 Å². The van der Waals surface area contributed by atoms with Crippen molar-refractivity contribution in [2.24, 2.45) is 5.73 Å². The largest absolute Gasteiger partial charge is 0.497 e. The molecule has 0 saturated heterocycles. The Morgan fingerprint density at radius 1 is 1.29 bits per heavy atom.